The number of nitrogens with zero attached hydrogens (tertiary/aromatic N) is 2. The normalized spacial score (nSPS) is 20.4. The lowest BCUT2D eigenvalue weighted by Gasteiger charge is -2.36. The summed E-state index contributed by atoms with van der Waals surface area (Å²) in [7, 11) is 0. The molecule has 2 atom stereocenters. The van der Waals surface area contributed by atoms with Gasteiger partial charge in [0.2, 0.25) is 5.76 Å². The fraction of sp³-hybridized carbons (Fsp3) is 0.481. The monoisotopic (exact) mass is 483 g/mol. The van der Waals surface area contributed by atoms with Crippen molar-refractivity contribution in [2.24, 2.45) is 5.92 Å². The lowest BCUT2D eigenvalue weighted by molar-refractivity contribution is 0.0917. The summed E-state index contributed by atoms with van der Waals surface area (Å²) in [5.41, 5.74) is 4.59. The summed E-state index contributed by atoms with van der Waals surface area (Å²) in [4.78, 5) is 15.1. The maximum Gasteiger partial charge on any atom is 0.290 e. The van der Waals surface area contributed by atoms with Crippen LogP contribution >= 0.6 is 0 Å². The Kier molecular flexibility index (Phi) is 7.31. The number of allylic oxidation sites excluding steroid dienone is 1. The van der Waals surface area contributed by atoms with Crippen molar-refractivity contribution in [2.75, 3.05) is 32.9 Å². The fourth-order valence-electron chi connectivity index (χ4n) is 5.25. The molecule has 2 heterocycles. The number of hydrogen-bond acceptors (Lipinski definition) is 6. The van der Waals surface area contributed by atoms with E-state index in [4.69, 9.17) is 4.52 Å². The average molecular weight is 484 g/mol. The van der Waals surface area contributed by atoms with E-state index in [0.29, 0.717) is 42.0 Å². The lowest BCUT2D eigenvalue weighted by Crippen LogP contribution is -2.36. The SMILES string of the molecule is CCNC(=O)c1onc(-c2cc(C(C)C)c(O)cc2O)c1C1C=CC2=C(CCN(CCF)C2)C1C. The number of amides is 1. The molecule has 0 saturated heterocycles. The standard InChI is InChI=1S/C27H34FN3O4/c1-5-29-27(34)26-24(19-7-6-17-14-31(11-9-28)10-8-18(17)16(19)4)25(30-35-26)21-12-20(15(2)3)22(32)13-23(21)33/h6-7,12-13,15-16,19,32-33H,5,8-11,14H2,1-4H3,(H,29,34). The highest BCUT2D eigenvalue weighted by Gasteiger charge is 2.36. The molecule has 7 nitrogen and oxygen atoms in total. The van der Waals surface area contributed by atoms with Crippen LogP contribution in [0.5, 0.6) is 11.5 Å². The Balaban J connectivity index is 1.81. The topological polar surface area (TPSA) is 98.8 Å². The zero-order valence-corrected chi connectivity index (χ0v) is 20.8. The largest absolute Gasteiger partial charge is 0.508 e. The molecule has 3 N–H and O–H groups in total. The summed E-state index contributed by atoms with van der Waals surface area (Å²) >= 11 is 0. The molecule has 1 aliphatic heterocycles. The third kappa shape index (κ3) is 4.72. The molecule has 0 spiro atoms. The Hall–Kier alpha value is -3.13. The van der Waals surface area contributed by atoms with Gasteiger partial charge in [0.15, 0.2) is 0 Å². The number of hydrogen-bond donors (Lipinski definition) is 3. The van der Waals surface area contributed by atoms with Crippen LogP contribution in [0.15, 0.2) is 40.0 Å². The zero-order valence-electron chi connectivity index (χ0n) is 20.8. The van der Waals surface area contributed by atoms with Crippen molar-refractivity contribution in [3.63, 3.8) is 0 Å². The molecule has 2 aliphatic rings. The molecule has 0 bridgehead atoms. The second kappa shape index (κ2) is 10.2. The molecule has 1 aromatic heterocycles. The molecule has 188 valence electrons. The van der Waals surface area contributed by atoms with E-state index in [9.17, 15) is 19.4 Å². The molecular formula is C27H34FN3O4. The number of rotatable bonds is 7. The van der Waals surface area contributed by atoms with Crippen LogP contribution in [-0.4, -0.2) is 59.0 Å². The third-order valence-corrected chi connectivity index (χ3v) is 7.12. The molecule has 8 heteroatoms. The van der Waals surface area contributed by atoms with Crippen LogP contribution < -0.4 is 5.32 Å². The van der Waals surface area contributed by atoms with Crippen molar-refractivity contribution < 1.29 is 23.9 Å². The third-order valence-electron chi connectivity index (χ3n) is 7.12. The number of benzene rings is 1. The Labute approximate surface area is 205 Å². The Bertz CT molecular complexity index is 1170. The predicted octanol–water partition coefficient (Wildman–Crippen LogP) is 4.89. The molecule has 1 aromatic carbocycles. The van der Waals surface area contributed by atoms with Crippen LogP contribution in [0.2, 0.25) is 0 Å². The zero-order chi connectivity index (χ0) is 25.3. The van der Waals surface area contributed by atoms with Crippen molar-refractivity contribution >= 4 is 5.91 Å². The Morgan fingerprint density at radius 3 is 2.77 bits per heavy atom. The van der Waals surface area contributed by atoms with Gasteiger partial charge in [0.05, 0.1) is 0 Å². The van der Waals surface area contributed by atoms with E-state index in [1.807, 2.05) is 20.8 Å². The van der Waals surface area contributed by atoms with Gasteiger partial charge in [-0.05, 0) is 42.4 Å². The second-order valence-corrected chi connectivity index (χ2v) is 9.66. The van der Waals surface area contributed by atoms with E-state index >= 15 is 0 Å². The molecule has 4 rings (SSSR count). The molecular weight excluding hydrogens is 449 g/mol. The van der Waals surface area contributed by atoms with Gasteiger partial charge in [-0.1, -0.05) is 43.7 Å². The van der Waals surface area contributed by atoms with Gasteiger partial charge in [0.1, 0.15) is 23.9 Å². The van der Waals surface area contributed by atoms with Crippen LogP contribution in [0, 0.1) is 5.92 Å². The van der Waals surface area contributed by atoms with Crippen LogP contribution in [0.3, 0.4) is 0 Å². The van der Waals surface area contributed by atoms with E-state index in [0.717, 1.165) is 13.0 Å². The first kappa shape index (κ1) is 25.0. The summed E-state index contributed by atoms with van der Waals surface area (Å²) in [6, 6.07) is 3.03. The van der Waals surface area contributed by atoms with Gasteiger partial charge in [0, 0.05) is 49.3 Å². The number of nitrogens with one attached hydrogen (secondary N) is 1. The number of alkyl halides is 1. The first-order valence-corrected chi connectivity index (χ1v) is 12.3. The van der Waals surface area contributed by atoms with E-state index in [1.54, 1.807) is 6.07 Å². The van der Waals surface area contributed by atoms with E-state index in [-0.39, 0.29) is 47.6 Å². The van der Waals surface area contributed by atoms with Crippen LogP contribution in [0.4, 0.5) is 4.39 Å². The van der Waals surface area contributed by atoms with E-state index < -0.39 is 0 Å². The van der Waals surface area contributed by atoms with Gasteiger partial charge in [-0.25, -0.2) is 4.39 Å². The summed E-state index contributed by atoms with van der Waals surface area (Å²) < 4.78 is 18.5. The fourth-order valence-corrected chi connectivity index (χ4v) is 5.25. The number of halogens is 1. The number of aromatic nitrogens is 1. The molecule has 2 unspecified atom stereocenters. The number of phenolic OH excluding ortho intramolecular Hbond substituents is 2. The summed E-state index contributed by atoms with van der Waals surface area (Å²) in [6.45, 7) is 9.88. The highest BCUT2D eigenvalue weighted by molar-refractivity contribution is 5.95. The average Bonchev–Trinajstić information content (AvgIpc) is 3.24. The summed E-state index contributed by atoms with van der Waals surface area (Å²) in [5, 5.41) is 28.1. The predicted molar refractivity (Wildman–Crippen MR) is 132 cm³/mol. The van der Waals surface area contributed by atoms with E-state index in [2.05, 4.69) is 34.4 Å². The van der Waals surface area contributed by atoms with Gasteiger partial charge in [-0.15, -0.1) is 0 Å². The van der Waals surface area contributed by atoms with E-state index in [1.165, 1.54) is 17.2 Å². The summed E-state index contributed by atoms with van der Waals surface area (Å²) in [6.07, 6.45) is 4.96. The van der Waals surface area contributed by atoms with Crippen molar-refractivity contribution in [3.8, 4) is 22.8 Å². The molecule has 0 radical (unpaired) electrons. The maximum atomic E-state index is 12.9. The molecule has 35 heavy (non-hydrogen) atoms. The maximum absolute atomic E-state index is 12.9. The van der Waals surface area contributed by atoms with Gasteiger partial charge < -0.3 is 20.1 Å². The van der Waals surface area contributed by atoms with Crippen LogP contribution in [0.1, 0.15) is 67.6 Å². The highest BCUT2D eigenvalue weighted by atomic mass is 19.1. The smallest absolute Gasteiger partial charge is 0.290 e. The first-order chi connectivity index (χ1) is 16.8. The van der Waals surface area contributed by atoms with Gasteiger partial charge in [-0.3, -0.25) is 9.69 Å². The van der Waals surface area contributed by atoms with Crippen LogP contribution in [-0.2, 0) is 0 Å². The van der Waals surface area contributed by atoms with Gasteiger partial charge in [0.25, 0.3) is 5.91 Å². The Morgan fingerprint density at radius 1 is 1.31 bits per heavy atom. The van der Waals surface area contributed by atoms with Crippen LogP contribution in [0.25, 0.3) is 11.3 Å². The Morgan fingerprint density at radius 2 is 2.09 bits per heavy atom. The highest BCUT2D eigenvalue weighted by Crippen LogP contribution is 2.47. The number of phenols is 2. The van der Waals surface area contributed by atoms with Gasteiger partial charge >= 0.3 is 0 Å². The number of aromatic hydroxyl groups is 2. The lowest BCUT2D eigenvalue weighted by atomic mass is 9.73. The van der Waals surface area contributed by atoms with Gasteiger partial charge in [-0.2, -0.15) is 0 Å². The quantitative estimate of drug-likeness (QED) is 0.519. The first-order valence-electron chi connectivity index (χ1n) is 12.3. The van der Waals surface area contributed by atoms with Crippen molar-refractivity contribution in [1.82, 2.24) is 15.4 Å². The molecule has 1 aliphatic carbocycles. The minimum Gasteiger partial charge on any atom is -0.508 e. The molecule has 0 fully saturated rings. The number of carbonyl (C=O) groups is 1. The summed E-state index contributed by atoms with van der Waals surface area (Å²) in [5.74, 6) is -0.466. The number of carbonyl (C=O) groups excluding carboxylic acids is 1. The minimum absolute atomic E-state index is 0.0102. The van der Waals surface area contributed by atoms with Crippen molar-refractivity contribution in [2.45, 2.75) is 46.0 Å². The minimum atomic E-state index is -0.362. The molecule has 0 saturated carbocycles. The van der Waals surface area contributed by atoms with Crippen molar-refractivity contribution in [1.29, 1.82) is 0 Å². The molecule has 2 aromatic rings. The second-order valence-electron chi connectivity index (χ2n) is 9.66. The molecule has 1 amide bonds. The van der Waals surface area contributed by atoms with Crippen molar-refractivity contribution in [3.05, 3.63) is 52.3 Å².